The molecule has 2 amide bonds. The van der Waals surface area contributed by atoms with Gasteiger partial charge in [0.05, 0.1) is 17.4 Å². The summed E-state index contributed by atoms with van der Waals surface area (Å²) in [5.74, 6) is 0.122. The molecule has 0 atom stereocenters. The summed E-state index contributed by atoms with van der Waals surface area (Å²) in [5, 5.41) is 21.8. The topological polar surface area (TPSA) is 126 Å². The zero-order chi connectivity index (χ0) is 19.5. The third-order valence-corrected chi connectivity index (χ3v) is 4.95. The number of H-pyrrole nitrogens is 1. The van der Waals surface area contributed by atoms with Gasteiger partial charge in [-0.25, -0.2) is 0 Å². The van der Waals surface area contributed by atoms with Gasteiger partial charge in [0, 0.05) is 12.2 Å². The molecule has 9 heteroatoms. The number of aliphatic hydroxyl groups is 1. The second kappa shape index (κ2) is 7.89. The minimum Gasteiger partial charge on any atom is -0.486 e. The summed E-state index contributed by atoms with van der Waals surface area (Å²) in [4.78, 5) is 25.3. The Labute approximate surface area is 161 Å². The van der Waals surface area contributed by atoms with E-state index >= 15 is 0 Å². The van der Waals surface area contributed by atoms with Crippen LogP contribution in [0.2, 0.25) is 0 Å². The van der Waals surface area contributed by atoms with Crippen molar-refractivity contribution in [3.05, 3.63) is 35.7 Å². The van der Waals surface area contributed by atoms with E-state index < -0.39 is 5.91 Å². The first-order chi connectivity index (χ1) is 13.6. The first-order valence-electron chi connectivity index (χ1n) is 9.34. The first kappa shape index (κ1) is 18.3. The largest absolute Gasteiger partial charge is 0.486 e. The van der Waals surface area contributed by atoms with E-state index in [0.717, 1.165) is 0 Å². The Morgan fingerprint density at radius 2 is 1.89 bits per heavy atom. The average molecular weight is 386 g/mol. The van der Waals surface area contributed by atoms with Crippen LogP contribution in [-0.2, 0) is 0 Å². The van der Waals surface area contributed by atoms with Gasteiger partial charge in [0.1, 0.15) is 13.2 Å². The Morgan fingerprint density at radius 3 is 2.71 bits per heavy atom. The number of fused-ring (bicyclic) bond motifs is 1. The molecule has 0 bridgehead atoms. The molecular weight excluding hydrogens is 364 g/mol. The van der Waals surface area contributed by atoms with Gasteiger partial charge in [-0.15, -0.1) is 0 Å². The highest BCUT2D eigenvalue weighted by molar-refractivity contribution is 6.09. The molecule has 2 aromatic rings. The molecule has 1 aliphatic carbocycles. The van der Waals surface area contributed by atoms with E-state index in [2.05, 4.69) is 20.8 Å². The van der Waals surface area contributed by atoms with Gasteiger partial charge in [0.2, 0.25) is 0 Å². The number of anilines is 1. The first-order valence-corrected chi connectivity index (χ1v) is 9.34. The van der Waals surface area contributed by atoms with Crippen LogP contribution in [0.5, 0.6) is 11.5 Å². The Kier molecular flexibility index (Phi) is 5.16. The lowest BCUT2D eigenvalue weighted by atomic mass is 9.93. The number of nitrogens with one attached hydrogen (secondary N) is 3. The van der Waals surface area contributed by atoms with Crippen LogP contribution >= 0.6 is 0 Å². The van der Waals surface area contributed by atoms with Crippen LogP contribution in [0.1, 0.15) is 46.5 Å². The molecule has 0 radical (unpaired) electrons. The fraction of sp³-hybridized carbons (Fsp3) is 0.421. The second-order valence-electron chi connectivity index (χ2n) is 6.91. The molecule has 0 unspecified atom stereocenters. The Morgan fingerprint density at radius 1 is 1.11 bits per heavy atom. The SMILES string of the molecule is O=C(Nc1c[nH]nc1C(=O)N[C@H]1CC[C@H](O)CC1)c1cccc2c1OCCO2. The number of hydrogen-bond acceptors (Lipinski definition) is 6. The third kappa shape index (κ3) is 3.79. The molecule has 4 N–H and O–H groups in total. The average Bonchev–Trinajstić information content (AvgIpc) is 3.17. The van der Waals surface area contributed by atoms with Crippen LogP contribution < -0.4 is 20.1 Å². The third-order valence-electron chi connectivity index (χ3n) is 4.95. The van der Waals surface area contributed by atoms with Crippen molar-refractivity contribution < 1.29 is 24.2 Å². The van der Waals surface area contributed by atoms with Crippen LogP contribution in [0, 0.1) is 0 Å². The predicted octanol–water partition coefficient (Wildman–Crippen LogP) is 1.47. The zero-order valence-corrected chi connectivity index (χ0v) is 15.2. The lowest BCUT2D eigenvalue weighted by Crippen LogP contribution is -2.39. The predicted molar refractivity (Wildman–Crippen MR) is 99.7 cm³/mol. The summed E-state index contributed by atoms with van der Waals surface area (Å²) >= 11 is 0. The molecule has 9 nitrogen and oxygen atoms in total. The highest BCUT2D eigenvalue weighted by Crippen LogP contribution is 2.34. The number of para-hydroxylation sites is 1. The van der Waals surface area contributed by atoms with E-state index in [4.69, 9.17) is 9.47 Å². The number of benzene rings is 1. The van der Waals surface area contributed by atoms with Crippen molar-refractivity contribution >= 4 is 17.5 Å². The van der Waals surface area contributed by atoms with Gasteiger partial charge in [-0.2, -0.15) is 5.10 Å². The van der Waals surface area contributed by atoms with Crippen LogP contribution in [0.4, 0.5) is 5.69 Å². The molecule has 1 aromatic heterocycles. The van der Waals surface area contributed by atoms with Gasteiger partial charge in [-0.3, -0.25) is 14.7 Å². The standard InChI is InChI=1S/C19H22N4O5/c24-12-6-4-11(5-7-12)21-19(26)16-14(10-20-23-16)22-18(25)13-2-1-3-15-17(13)28-9-8-27-15/h1-3,10-12,24H,4-9H2,(H,20,23)(H,21,26)(H,22,25)/t11-,12-. The lowest BCUT2D eigenvalue weighted by molar-refractivity contribution is 0.0864. The van der Waals surface area contributed by atoms with Crippen LogP contribution in [0.25, 0.3) is 0 Å². The molecule has 1 aliphatic heterocycles. The quantitative estimate of drug-likeness (QED) is 0.630. The molecule has 1 saturated carbocycles. The molecule has 0 spiro atoms. The zero-order valence-electron chi connectivity index (χ0n) is 15.2. The smallest absolute Gasteiger partial charge is 0.274 e. The number of aliphatic hydroxyl groups excluding tert-OH is 1. The van der Waals surface area contributed by atoms with Crippen LogP contribution in [0.15, 0.2) is 24.4 Å². The van der Waals surface area contributed by atoms with Crippen molar-refractivity contribution in [1.82, 2.24) is 15.5 Å². The van der Waals surface area contributed by atoms with Gasteiger partial charge >= 0.3 is 0 Å². The number of amides is 2. The number of hydrogen-bond donors (Lipinski definition) is 4. The number of rotatable bonds is 4. The fourth-order valence-corrected chi connectivity index (χ4v) is 3.47. The normalized spacial score (nSPS) is 21.0. The van der Waals surface area contributed by atoms with Gasteiger partial charge < -0.3 is 25.2 Å². The molecule has 148 valence electrons. The number of aromatic amines is 1. The molecule has 1 aromatic carbocycles. The van der Waals surface area contributed by atoms with Gasteiger partial charge in [-0.05, 0) is 37.8 Å². The lowest BCUT2D eigenvalue weighted by Gasteiger charge is -2.26. The van der Waals surface area contributed by atoms with Crippen LogP contribution in [0.3, 0.4) is 0 Å². The maximum Gasteiger partial charge on any atom is 0.274 e. The van der Waals surface area contributed by atoms with Crippen molar-refractivity contribution in [3.63, 3.8) is 0 Å². The van der Waals surface area contributed by atoms with Crippen molar-refractivity contribution in [3.8, 4) is 11.5 Å². The van der Waals surface area contributed by atoms with Crippen molar-refractivity contribution in [2.75, 3.05) is 18.5 Å². The van der Waals surface area contributed by atoms with Crippen LogP contribution in [-0.4, -0.2) is 52.5 Å². The molecule has 0 saturated heterocycles. The number of aromatic nitrogens is 2. The minimum absolute atomic E-state index is 0.0113. The van der Waals surface area contributed by atoms with E-state index in [-0.39, 0.29) is 29.4 Å². The number of nitrogens with zero attached hydrogens (tertiary/aromatic N) is 1. The Balaban J connectivity index is 1.46. The van der Waals surface area contributed by atoms with E-state index in [1.807, 2.05) is 0 Å². The van der Waals surface area contributed by atoms with Crippen molar-refractivity contribution in [2.24, 2.45) is 0 Å². The van der Waals surface area contributed by atoms with E-state index in [0.29, 0.717) is 56.0 Å². The summed E-state index contributed by atoms with van der Waals surface area (Å²) in [7, 11) is 0. The maximum absolute atomic E-state index is 12.7. The van der Waals surface area contributed by atoms with E-state index in [9.17, 15) is 14.7 Å². The molecular formula is C19H22N4O5. The summed E-state index contributed by atoms with van der Waals surface area (Å²) in [6.45, 7) is 0.801. The van der Waals surface area contributed by atoms with Crippen molar-refractivity contribution in [1.29, 1.82) is 0 Å². The monoisotopic (exact) mass is 386 g/mol. The van der Waals surface area contributed by atoms with E-state index in [1.54, 1.807) is 18.2 Å². The van der Waals surface area contributed by atoms with Gasteiger partial charge in [-0.1, -0.05) is 6.07 Å². The Hall–Kier alpha value is -3.07. The molecule has 2 heterocycles. The molecule has 2 aliphatic rings. The fourth-order valence-electron chi connectivity index (χ4n) is 3.47. The highest BCUT2D eigenvalue weighted by atomic mass is 16.6. The molecule has 1 fully saturated rings. The summed E-state index contributed by atoms with van der Waals surface area (Å²) in [6, 6.07) is 5.07. The second-order valence-corrected chi connectivity index (χ2v) is 6.91. The Bertz CT molecular complexity index is 873. The molecule has 28 heavy (non-hydrogen) atoms. The minimum atomic E-state index is -0.418. The number of ether oxygens (including phenoxy) is 2. The van der Waals surface area contributed by atoms with Gasteiger partial charge in [0.15, 0.2) is 17.2 Å². The van der Waals surface area contributed by atoms with Gasteiger partial charge in [0.25, 0.3) is 11.8 Å². The summed E-state index contributed by atoms with van der Waals surface area (Å²) in [5.41, 5.74) is 0.722. The summed E-state index contributed by atoms with van der Waals surface area (Å²) < 4.78 is 11.1. The number of carbonyl (C=O) groups is 2. The number of carbonyl (C=O) groups excluding carboxylic acids is 2. The molecule has 4 rings (SSSR count). The summed E-state index contributed by atoms with van der Waals surface area (Å²) in [6.07, 6.45) is 3.92. The van der Waals surface area contributed by atoms with Crippen molar-refractivity contribution in [2.45, 2.75) is 37.8 Å². The maximum atomic E-state index is 12.7. The highest BCUT2D eigenvalue weighted by Gasteiger charge is 2.25. The van der Waals surface area contributed by atoms with E-state index in [1.165, 1.54) is 6.20 Å².